The Kier molecular flexibility index (Phi) is 6.48. The maximum atomic E-state index is 13.9. The zero-order valence-electron chi connectivity index (χ0n) is 17.7. The summed E-state index contributed by atoms with van der Waals surface area (Å²) in [6, 6.07) is 10.5. The van der Waals surface area contributed by atoms with Crippen molar-refractivity contribution in [1.29, 1.82) is 0 Å². The first kappa shape index (κ1) is 21.9. The first-order chi connectivity index (χ1) is 15.4. The summed E-state index contributed by atoms with van der Waals surface area (Å²) in [4.78, 5) is 40.4. The highest BCUT2D eigenvalue weighted by Gasteiger charge is 2.29. The molecule has 168 valence electrons. The molecule has 1 N–H and O–H groups in total. The van der Waals surface area contributed by atoms with E-state index in [1.54, 1.807) is 4.90 Å². The summed E-state index contributed by atoms with van der Waals surface area (Å²) >= 11 is 0. The van der Waals surface area contributed by atoms with Crippen LogP contribution >= 0.6 is 0 Å². The van der Waals surface area contributed by atoms with Gasteiger partial charge in [0.1, 0.15) is 11.6 Å². The molecular weight excluding hydrogens is 416 g/mol. The van der Waals surface area contributed by atoms with Crippen molar-refractivity contribution >= 4 is 23.4 Å². The van der Waals surface area contributed by atoms with Crippen LogP contribution in [-0.2, 0) is 16.1 Å². The van der Waals surface area contributed by atoms with Gasteiger partial charge in [-0.1, -0.05) is 12.1 Å². The molecular formula is C24H25F2N3O3. The van der Waals surface area contributed by atoms with E-state index in [2.05, 4.69) is 5.32 Å². The number of amides is 3. The van der Waals surface area contributed by atoms with Gasteiger partial charge >= 0.3 is 0 Å². The second kappa shape index (κ2) is 9.46. The average Bonchev–Trinajstić information content (AvgIpc) is 3.23. The van der Waals surface area contributed by atoms with Gasteiger partial charge in [0, 0.05) is 50.3 Å². The van der Waals surface area contributed by atoms with E-state index in [1.807, 2.05) is 24.3 Å². The lowest BCUT2D eigenvalue weighted by Gasteiger charge is -2.31. The molecule has 0 bridgehead atoms. The van der Waals surface area contributed by atoms with Crippen molar-refractivity contribution in [3.8, 4) is 0 Å². The number of hydrogen-bond acceptors (Lipinski definition) is 3. The van der Waals surface area contributed by atoms with Crippen LogP contribution in [0.4, 0.5) is 14.5 Å². The molecule has 2 fully saturated rings. The van der Waals surface area contributed by atoms with E-state index in [-0.39, 0.29) is 23.3 Å². The van der Waals surface area contributed by atoms with Crippen molar-refractivity contribution < 1.29 is 23.2 Å². The fraction of sp³-hybridized carbons (Fsp3) is 0.375. The van der Waals surface area contributed by atoms with Gasteiger partial charge in [-0.2, -0.15) is 0 Å². The topological polar surface area (TPSA) is 69.7 Å². The van der Waals surface area contributed by atoms with Crippen LogP contribution in [0.15, 0.2) is 42.5 Å². The molecule has 4 rings (SSSR count). The second-order valence-electron chi connectivity index (χ2n) is 8.23. The van der Waals surface area contributed by atoms with Crippen LogP contribution in [0.2, 0.25) is 0 Å². The van der Waals surface area contributed by atoms with Gasteiger partial charge in [0.15, 0.2) is 0 Å². The predicted octanol–water partition coefficient (Wildman–Crippen LogP) is 3.26. The number of carbonyl (C=O) groups is 3. The summed E-state index contributed by atoms with van der Waals surface area (Å²) in [6.45, 7) is 1.74. The maximum Gasteiger partial charge on any atom is 0.256 e. The van der Waals surface area contributed by atoms with Crippen molar-refractivity contribution in [2.75, 3.05) is 24.5 Å². The molecule has 0 unspecified atom stereocenters. The number of piperidine rings is 1. The lowest BCUT2D eigenvalue weighted by Crippen LogP contribution is -2.43. The number of nitrogens with zero attached hydrogens (tertiary/aromatic N) is 2. The highest BCUT2D eigenvalue weighted by Crippen LogP contribution is 2.23. The molecule has 0 saturated carbocycles. The number of rotatable bonds is 5. The van der Waals surface area contributed by atoms with E-state index in [0.717, 1.165) is 29.8 Å². The number of nitrogens with one attached hydrogen (secondary N) is 1. The van der Waals surface area contributed by atoms with Crippen molar-refractivity contribution in [3.63, 3.8) is 0 Å². The third-order valence-electron chi connectivity index (χ3n) is 6.08. The molecule has 32 heavy (non-hydrogen) atoms. The number of hydrogen-bond donors (Lipinski definition) is 1. The Morgan fingerprint density at radius 2 is 1.81 bits per heavy atom. The Hall–Kier alpha value is -3.29. The Bertz CT molecular complexity index is 1030. The molecule has 0 aromatic heterocycles. The van der Waals surface area contributed by atoms with Gasteiger partial charge < -0.3 is 15.1 Å². The van der Waals surface area contributed by atoms with Crippen LogP contribution in [0, 0.1) is 17.6 Å². The van der Waals surface area contributed by atoms with Crippen molar-refractivity contribution in [1.82, 2.24) is 10.2 Å². The lowest BCUT2D eigenvalue weighted by atomic mass is 9.95. The van der Waals surface area contributed by atoms with Gasteiger partial charge in [-0.3, -0.25) is 14.4 Å². The molecule has 2 heterocycles. The van der Waals surface area contributed by atoms with Gasteiger partial charge in [0.05, 0.1) is 5.56 Å². The molecule has 0 aliphatic carbocycles. The average molecular weight is 441 g/mol. The molecule has 0 atom stereocenters. The van der Waals surface area contributed by atoms with E-state index in [1.165, 1.54) is 4.90 Å². The predicted molar refractivity (Wildman–Crippen MR) is 115 cm³/mol. The van der Waals surface area contributed by atoms with Gasteiger partial charge in [-0.05, 0) is 49.1 Å². The van der Waals surface area contributed by atoms with Crippen LogP contribution in [0.3, 0.4) is 0 Å². The Morgan fingerprint density at radius 1 is 1.03 bits per heavy atom. The van der Waals surface area contributed by atoms with E-state index in [4.69, 9.17) is 0 Å². The molecule has 6 nitrogen and oxygen atoms in total. The van der Waals surface area contributed by atoms with Crippen molar-refractivity contribution in [2.24, 2.45) is 5.92 Å². The number of anilines is 1. The fourth-order valence-corrected chi connectivity index (χ4v) is 4.27. The molecule has 2 aromatic carbocycles. The molecule has 2 aromatic rings. The molecule has 0 radical (unpaired) electrons. The van der Waals surface area contributed by atoms with Gasteiger partial charge in [-0.25, -0.2) is 8.78 Å². The first-order valence-electron chi connectivity index (χ1n) is 10.8. The first-order valence-corrected chi connectivity index (χ1v) is 10.8. The molecule has 8 heteroatoms. The summed E-state index contributed by atoms with van der Waals surface area (Å²) in [5, 5.41) is 2.94. The zero-order valence-corrected chi connectivity index (χ0v) is 17.7. The van der Waals surface area contributed by atoms with Crippen molar-refractivity contribution in [3.05, 3.63) is 65.2 Å². The highest BCUT2D eigenvalue weighted by atomic mass is 19.1. The minimum atomic E-state index is -0.882. The molecule has 0 spiro atoms. The summed E-state index contributed by atoms with van der Waals surface area (Å²) in [7, 11) is 0. The van der Waals surface area contributed by atoms with E-state index in [0.29, 0.717) is 51.5 Å². The Morgan fingerprint density at radius 3 is 2.50 bits per heavy atom. The highest BCUT2D eigenvalue weighted by molar-refractivity contribution is 5.95. The largest absolute Gasteiger partial charge is 0.352 e. The maximum absolute atomic E-state index is 13.9. The number of carbonyl (C=O) groups excluding carboxylic acids is 3. The van der Waals surface area contributed by atoms with Crippen molar-refractivity contribution in [2.45, 2.75) is 32.2 Å². The van der Waals surface area contributed by atoms with Crippen LogP contribution in [-0.4, -0.2) is 42.3 Å². The monoisotopic (exact) mass is 441 g/mol. The Balaban J connectivity index is 1.29. The minimum Gasteiger partial charge on any atom is -0.352 e. The standard InChI is InChI=1S/C24H25F2N3O3/c25-18-6-7-20(21(26)14-18)24(32)28-11-8-17(9-12-28)23(31)27-15-16-3-1-4-19(13-16)29-10-2-5-22(29)30/h1,3-4,6-7,13-14,17H,2,5,8-12,15H2,(H,27,31). The molecule has 2 aliphatic heterocycles. The third kappa shape index (κ3) is 4.79. The van der Waals surface area contributed by atoms with Crippen LogP contribution < -0.4 is 10.2 Å². The molecule has 2 saturated heterocycles. The third-order valence-corrected chi connectivity index (χ3v) is 6.08. The SMILES string of the molecule is O=C(NCc1cccc(N2CCCC2=O)c1)C1CCN(C(=O)c2ccc(F)cc2F)CC1. The van der Waals surface area contributed by atoms with E-state index in [9.17, 15) is 23.2 Å². The van der Waals surface area contributed by atoms with Gasteiger partial charge in [0.2, 0.25) is 11.8 Å². The number of halogens is 2. The summed E-state index contributed by atoms with van der Waals surface area (Å²) in [6.07, 6.45) is 2.37. The van der Waals surface area contributed by atoms with Crippen LogP contribution in [0.5, 0.6) is 0 Å². The van der Waals surface area contributed by atoms with E-state index >= 15 is 0 Å². The smallest absolute Gasteiger partial charge is 0.256 e. The Labute approximate surface area is 185 Å². The number of benzene rings is 2. The number of likely N-dealkylation sites (tertiary alicyclic amines) is 1. The van der Waals surface area contributed by atoms with E-state index < -0.39 is 17.5 Å². The summed E-state index contributed by atoms with van der Waals surface area (Å²) in [5.41, 5.74) is 1.60. The summed E-state index contributed by atoms with van der Waals surface area (Å²) < 4.78 is 27.0. The summed E-state index contributed by atoms with van der Waals surface area (Å²) in [5.74, 6) is -2.31. The molecule has 2 aliphatic rings. The zero-order chi connectivity index (χ0) is 22.7. The van der Waals surface area contributed by atoms with Gasteiger partial charge in [-0.15, -0.1) is 0 Å². The molecule has 3 amide bonds. The quantitative estimate of drug-likeness (QED) is 0.775. The van der Waals surface area contributed by atoms with Crippen LogP contribution in [0.1, 0.15) is 41.6 Å². The lowest BCUT2D eigenvalue weighted by molar-refractivity contribution is -0.126. The minimum absolute atomic E-state index is 0.0901. The normalized spacial score (nSPS) is 17.0. The fourth-order valence-electron chi connectivity index (χ4n) is 4.27. The van der Waals surface area contributed by atoms with Crippen LogP contribution in [0.25, 0.3) is 0 Å². The van der Waals surface area contributed by atoms with Gasteiger partial charge in [0.25, 0.3) is 5.91 Å². The second-order valence-corrected chi connectivity index (χ2v) is 8.23.